The summed E-state index contributed by atoms with van der Waals surface area (Å²) in [4.78, 5) is 8.60. The highest BCUT2D eigenvalue weighted by Gasteiger charge is 2.58. The van der Waals surface area contributed by atoms with Gasteiger partial charge in [0.05, 0.1) is 11.1 Å². The minimum atomic E-state index is -4.62. The maximum atomic E-state index is 14.0. The molecule has 58 heavy (non-hydrogen) atoms. The number of nitrogen functional groups attached to an aromatic ring is 2. The fourth-order valence-corrected chi connectivity index (χ4v) is 10.3. The second-order valence-electron chi connectivity index (χ2n) is 16.1. The Kier molecular flexibility index (Phi) is 8.94. The van der Waals surface area contributed by atoms with Crippen molar-refractivity contribution in [2.75, 3.05) is 11.5 Å². The maximum Gasteiger partial charge on any atom is 0.417 e. The van der Waals surface area contributed by atoms with Gasteiger partial charge in [-0.3, -0.25) is 0 Å². The first-order valence-corrected chi connectivity index (χ1v) is 19.1. The molecule has 2 heterocycles. The van der Waals surface area contributed by atoms with Crippen molar-refractivity contribution in [3.05, 3.63) is 144 Å². The minimum Gasteiger partial charge on any atom is -0.438 e. The van der Waals surface area contributed by atoms with Gasteiger partial charge < -0.3 is 20.9 Å². The quantitative estimate of drug-likeness (QED) is 0.118. The fraction of sp³-hybridized carbons (Fsp3) is 0.261. The summed E-state index contributed by atoms with van der Waals surface area (Å²) >= 11 is 0. The van der Waals surface area contributed by atoms with Crippen molar-refractivity contribution in [2.45, 2.75) is 61.7 Å². The second-order valence-corrected chi connectivity index (χ2v) is 16.1. The summed E-state index contributed by atoms with van der Waals surface area (Å²) in [5.41, 5.74) is 12.3. The molecule has 296 valence electrons. The summed E-state index contributed by atoms with van der Waals surface area (Å²) in [6, 6.07) is 29.4. The Bertz CT molecular complexity index is 2320. The molecule has 0 spiro atoms. The molecule has 6 nitrogen and oxygen atoms in total. The van der Waals surface area contributed by atoms with E-state index >= 15 is 0 Å². The van der Waals surface area contributed by atoms with Crippen molar-refractivity contribution in [2.24, 2.45) is 11.8 Å². The van der Waals surface area contributed by atoms with Crippen molar-refractivity contribution in [1.29, 1.82) is 0 Å². The van der Waals surface area contributed by atoms with Gasteiger partial charge >= 0.3 is 12.4 Å². The van der Waals surface area contributed by atoms with E-state index in [1.807, 2.05) is 24.3 Å². The molecule has 4 bridgehead atoms. The van der Waals surface area contributed by atoms with Gasteiger partial charge in [-0.05, 0) is 156 Å². The van der Waals surface area contributed by atoms with Gasteiger partial charge in [-0.2, -0.15) is 26.3 Å². The average molecular weight is 793 g/mol. The SMILES string of the molecule is Nc1ccc(-c2cccnc2Oc2ccc(C34CC5CC(C3)CC(c3ccc(Oc6ncccc6-c6ccc(N)cc6C(F)(F)F)cc3)(C5)C4)cc2)c(C(F)(F)F)c1. The van der Waals surface area contributed by atoms with Gasteiger partial charge in [-0.25, -0.2) is 9.97 Å². The molecule has 0 unspecified atom stereocenters. The molecule has 4 saturated carbocycles. The standard InChI is InChI=1S/C46H38F6N4O2/c47-45(48,49)39-20-31(53)9-15-35(39)37-3-1-17-55-41(37)57-33-11-5-29(6-12-33)43-22-27-19-28(23-43)25-44(24-27,26-43)30-7-13-34(14-8-30)58-42-38(4-2-18-56-42)36-16-10-32(54)21-40(36)46(50,51)52/h1-18,20-21,27-28H,19,22-26,53-54H2. The van der Waals surface area contributed by atoms with Gasteiger partial charge in [-0.15, -0.1) is 0 Å². The highest BCUT2D eigenvalue weighted by atomic mass is 19.4. The molecule has 10 rings (SSSR count). The number of nitrogens with two attached hydrogens (primary N) is 2. The number of anilines is 2. The third kappa shape index (κ3) is 6.88. The number of ether oxygens (including phenoxy) is 2. The van der Waals surface area contributed by atoms with E-state index in [9.17, 15) is 26.3 Å². The smallest absolute Gasteiger partial charge is 0.417 e. The number of benzene rings is 4. The number of alkyl halides is 6. The first-order valence-electron chi connectivity index (χ1n) is 19.1. The van der Waals surface area contributed by atoms with E-state index in [1.54, 1.807) is 24.3 Å². The first-order chi connectivity index (χ1) is 27.7. The number of rotatable bonds is 8. The number of hydrogen-bond acceptors (Lipinski definition) is 6. The van der Waals surface area contributed by atoms with Crippen molar-refractivity contribution in [3.8, 4) is 45.5 Å². The van der Waals surface area contributed by atoms with Crippen LogP contribution in [0.3, 0.4) is 0 Å². The second kappa shape index (κ2) is 13.8. The van der Waals surface area contributed by atoms with Crippen LogP contribution in [-0.2, 0) is 23.2 Å². The summed E-state index contributed by atoms with van der Waals surface area (Å²) in [5, 5.41) is 0. The molecule has 0 radical (unpaired) electrons. The molecule has 4 aromatic carbocycles. The third-order valence-electron chi connectivity index (χ3n) is 12.2. The van der Waals surface area contributed by atoms with Crippen LogP contribution in [0, 0.1) is 11.8 Å². The summed E-state index contributed by atoms with van der Waals surface area (Å²) in [6.07, 6.45) is 0.142. The Hall–Kier alpha value is -6.04. The van der Waals surface area contributed by atoms with E-state index in [0.717, 1.165) is 44.2 Å². The molecular formula is C46H38F6N4O2. The van der Waals surface area contributed by atoms with Gasteiger partial charge in [-0.1, -0.05) is 36.4 Å². The van der Waals surface area contributed by atoms with Crippen molar-refractivity contribution in [1.82, 2.24) is 9.97 Å². The first kappa shape index (κ1) is 37.5. The lowest BCUT2D eigenvalue weighted by atomic mass is 9.42. The topological polar surface area (TPSA) is 96.3 Å². The Labute approximate surface area is 330 Å². The molecule has 4 N–H and O–H groups in total. The Morgan fingerprint density at radius 2 is 0.914 bits per heavy atom. The van der Waals surface area contributed by atoms with Gasteiger partial charge in [0.2, 0.25) is 11.8 Å². The van der Waals surface area contributed by atoms with Crippen LogP contribution in [0.2, 0.25) is 0 Å². The van der Waals surface area contributed by atoms with Crippen molar-refractivity contribution < 1.29 is 35.8 Å². The van der Waals surface area contributed by atoms with E-state index in [2.05, 4.69) is 34.2 Å². The zero-order valence-corrected chi connectivity index (χ0v) is 31.1. The van der Waals surface area contributed by atoms with E-state index in [4.69, 9.17) is 20.9 Å². The normalized spacial score (nSPS) is 22.5. The number of aromatic nitrogens is 2. The summed E-state index contributed by atoms with van der Waals surface area (Å²) in [7, 11) is 0. The van der Waals surface area contributed by atoms with Crippen LogP contribution in [0.5, 0.6) is 23.3 Å². The number of hydrogen-bond donors (Lipinski definition) is 2. The number of nitrogens with zero attached hydrogens (tertiary/aromatic N) is 2. The van der Waals surface area contributed by atoms with Gasteiger partial charge in [0, 0.05) is 34.9 Å². The van der Waals surface area contributed by atoms with E-state index in [0.29, 0.717) is 23.3 Å². The van der Waals surface area contributed by atoms with Crippen LogP contribution >= 0.6 is 0 Å². The highest BCUT2D eigenvalue weighted by molar-refractivity contribution is 5.75. The lowest BCUT2D eigenvalue weighted by molar-refractivity contribution is -0.137. The zero-order chi connectivity index (χ0) is 40.5. The average Bonchev–Trinajstić information content (AvgIpc) is 3.18. The number of halogens is 6. The number of pyridine rings is 2. The predicted octanol–water partition coefficient (Wildman–Crippen LogP) is 12.4. The lowest BCUT2D eigenvalue weighted by Crippen LogP contribution is -2.55. The summed E-state index contributed by atoms with van der Waals surface area (Å²) in [5.74, 6) is 2.13. The highest BCUT2D eigenvalue weighted by Crippen LogP contribution is 2.66. The van der Waals surface area contributed by atoms with E-state index in [-0.39, 0.29) is 56.2 Å². The lowest BCUT2D eigenvalue weighted by Gasteiger charge is -2.62. The predicted molar refractivity (Wildman–Crippen MR) is 209 cm³/mol. The molecule has 6 aromatic rings. The van der Waals surface area contributed by atoms with Crippen molar-refractivity contribution in [3.63, 3.8) is 0 Å². The molecular weight excluding hydrogens is 755 g/mol. The molecule has 4 fully saturated rings. The minimum absolute atomic E-state index is 0.00854. The monoisotopic (exact) mass is 792 g/mol. The van der Waals surface area contributed by atoms with E-state index in [1.165, 1.54) is 54.2 Å². The Balaban J connectivity index is 0.959. The Morgan fingerprint density at radius 3 is 1.29 bits per heavy atom. The van der Waals surface area contributed by atoms with Gasteiger partial charge in [0.25, 0.3) is 0 Å². The third-order valence-corrected chi connectivity index (χ3v) is 12.2. The molecule has 4 aliphatic carbocycles. The van der Waals surface area contributed by atoms with Gasteiger partial charge in [0.1, 0.15) is 11.5 Å². The Morgan fingerprint density at radius 1 is 0.517 bits per heavy atom. The molecule has 0 saturated heterocycles. The molecule has 0 atom stereocenters. The van der Waals surface area contributed by atoms with E-state index < -0.39 is 23.5 Å². The largest absolute Gasteiger partial charge is 0.438 e. The van der Waals surface area contributed by atoms with Crippen LogP contribution in [0.1, 0.15) is 60.8 Å². The van der Waals surface area contributed by atoms with Crippen LogP contribution in [-0.4, -0.2) is 9.97 Å². The molecule has 2 aromatic heterocycles. The van der Waals surface area contributed by atoms with Crippen LogP contribution in [0.25, 0.3) is 22.3 Å². The van der Waals surface area contributed by atoms with Crippen molar-refractivity contribution >= 4 is 11.4 Å². The van der Waals surface area contributed by atoms with Crippen LogP contribution in [0.4, 0.5) is 37.7 Å². The molecule has 4 aliphatic rings. The molecule has 0 amide bonds. The van der Waals surface area contributed by atoms with Gasteiger partial charge in [0.15, 0.2) is 0 Å². The molecule has 12 heteroatoms. The zero-order valence-electron chi connectivity index (χ0n) is 31.1. The summed E-state index contributed by atoms with van der Waals surface area (Å²) < 4.78 is 96.4. The maximum absolute atomic E-state index is 14.0. The fourth-order valence-electron chi connectivity index (χ4n) is 10.3. The molecule has 0 aliphatic heterocycles. The van der Waals surface area contributed by atoms with Crippen LogP contribution < -0.4 is 20.9 Å². The summed E-state index contributed by atoms with van der Waals surface area (Å²) in [6.45, 7) is 0. The van der Waals surface area contributed by atoms with Crippen LogP contribution in [0.15, 0.2) is 122 Å².